The van der Waals surface area contributed by atoms with Gasteiger partial charge in [0.2, 0.25) is 0 Å². The highest BCUT2D eigenvalue weighted by Gasteiger charge is 2.43. The van der Waals surface area contributed by atoms with Crippen molar-refractivity contribution < 1.29 is 9.53 Å². The number of anilines is 1. The van der Waals surface area contributed by atoms with E-state index in [1.165, 1.54) is 19.0 Å². The van der Waals surface area contributed by atoms with Gasteiger partial charge in [-0.1, -0.05) is 18.0 Å². The van der Waals surface area contributed by atoms with Crippen LogP contribution in [0, 0.1) is 18.8 Å². The van der Waals surface area contributed by atoms with Gasteiger partial charge in [-0.2, -0.15) is 0 Å². The Morgan fingerprint density at radius 3 is 3.16 bits per heavy atom. The van der Waals surface area contributed by atoms with Crippen LogP contribution >= 0.6 is 11.6 Å². The Balaban J connectivity index is 1.71. The first-order chi connectivity index (χ1) is 9.15. The number of aryl methyl sites for hydroxylation is 1. The number of aromatic nitrogens is 1. The van der Waals surface area contributed by atoms with Gasteiger partial charge in [-0.25, -0.2) is 4.98 Å². The SMILES string of the molecule is Cc1cc(Cl)cnc1NC(=O)[C@@H]1OC[C@@H]2CCC[C@@H]21. The van der Waals surface area contributed by atoms with Gasteiger partial charge < -0.3 is 10.1 Å². The van der Waals surface area contributed by atoms with Gasteiger partial charge in [0.25, 0.3) is 5.91 Å². The van der Waals surface area contributed by atoms with Gasteiger partial charge in [0, 0.05) is 6.20 Å². The third-order valence-corrected chi connectivity index (χ3v) is 4.35. The molecule has 0 radical (unpaired) electrons. The lowest BCUT2D eigenvalue weighted by Gasteiger charge is -2.17. The number of ether oxygens (including phenoxy) is 1. The summed E-state index contributed by atoms with van der Waals surface area (Å²) >= 11 is 5.85. The molecule has 0 bridgehead atoms. The Labute approximate surface area is 117 Å². The average molecular weight is 281 g/mol. The second kappa shape index (κ2) is 5.10. The van der Waals surface area contributed by atoms with Crippen molar-refractivity contribution in [1.82, 2.24) is 4.98 Å². The Morgan fingerprint density at radius 2 is 2.37 bits per heavy atom. The molecule has 3 atom stereocenters. The second-order valence-electron chi connectivity index (χ2n) is 5.42. The molecule has 1 aromatic rings. The number of carbonyl (C=O) groups is 1. The van der Waals surface area contributed by atoms with Gasteiger partial charge in [0.15, 0.2) is 0 Å². The summed E-state index contributed by atoms with van der Waals surface area (Å²) in [7, 11) is 0. The number of nitrogens with one attached hydrogen (secondary N) is 1. The number of hydrogen-bond acceptors (Lipinski definition) is 3. The molecule has 1 aromatic heterocycles. The molecule has 1 aliphatic heterocycles. The summed E-state index contributed by atoms with van der Waals surface area (Å²) in [5, 5.41) is 3.43. The standard InChI is InChI=1S/C14H17ClN2O2/c1-8-5-10(15)6-16-13(8)17-14(18)12-11-4-2-3-9(11)7-19-12/h5-6,9,11-12H,2-4,7H2,1H3,(H,16,17,18)/t9-,11-,12+/m0/s1. The molecule has 0 spiro atoms. The minimum absolute atomic E-state index is 0.0766. The molecule has 1 N–H and O–H groups in total. The Bertz CT molecular complexity index is 506. The van der Waals surface area contributed by atoms with Gasteiger partial charge in [0.05, 0.1) is 11.6 Å². The molecule has 102 valence electrons. The number of nitrogens with zero attached hydrogens (tertiary/aromatic N) is 1. The number of hydrogen-bond donors (Lipinski definition) is 1. The van der Waals surface area contributed by atoms with Crippen LogP contribution in [-0.2, 0) is 9.53 Å². The van der Waals surface area contributed by atoms with E-state index in [4.69, 9.17) is 16.3 Å². The lowest BCUT2D eigenvalue weighted by molar-refractivity contribution is -0.126. The van der Waals surface area contributed by atoms with Crippen molar-refractivity contribution >= 4 is 23.3 Å². The Kier molecular flexibility index (Phi) is 3.46. The van der Waals surface area contributed by atoms with Gasteiger partial charge >= 0.3 is 0 Å². The van der Waals surface area contributed by atoms with Crippen molar-refractivity contribution in [2.45, 2.75) is 32.3 Å². The number of carbonyl (C=O) groups excluding carboxylic acids is 1. The number of fused-ring (bicyclic) bond motifs is 1. The molecule has 3 rings (SSSR count). The van der Waals surface area contributed by atoms with Gasteiger partial charge in [-0.15, -0.1) is 0 Å². The molecule has 2 fully saturated rings. The summed E-state index contributed by atoms with van der Waals surface area (Å²) in [6.07, 6.45) is 4.71. The van der Waals surface area contributed by atoms with Gasteiger partial charge in [-0.3, -0.25) is 4.79 Å². The molecule has 0 aromatic carbocycles. The van der Waals surface area contributed by atoms with Crippen molar-refractivity contribution in [2.75, 3.05) is 11.9 Å². The number of pyridine rings is 1. The summed E-state index contributed by atoms with van der Waals surface area (Å²) in [5.74, 6) is 1.44. The quantitative estimate of drug-likeness (QED) is 0.906. The molecule has 2 heterocycles. The van der Waals surface area contributed by atoms with Crippen LogP contribution in [0.4, 0.5) is 5.82 Å². The molecular formula is C14H17ClN2O2. The fourth-order valence-corrected chi connectivity index (χ4v) is 3.36. The molecule has 19 heavy (non-hydrogen) atoms. The summed E-state index contributed by atoms with van der Waals surface area (Å²) < 4.78 is 5.65. The average Bonchev–Trinajstić information content (AvgIpc) is 2.94. The fourth-order valence-electron chi connectivity index (χ4n) is 3.15. The first kappa shape index (κ1) is 12.9. The Morgan fingerprint density at radius 1 is 1.53 bits per heavy atom. The maximum absolute atomic E-state index is 12.3. The smallest absolute Gasteiger partial charge is 0.254 e. The van der Waals surface area contributed by atoms with E-state index >= 15 is 0 Å². The zero-order valence-electron chi connectivity index (χ0n) is 10.9. The Hall–Kier alpha value is -1.13. The third kappa shape index (κ3) is 2.47. The minimum atomic E-state index is -0.315. The van der Waals surface area contributed by atoms with E-state index in [1.54, 1.807) is 6.07 Å². The third-order valence-electron chi connectivity index (χ3n) is 4.14. The van der Waals surface area contributed by atoms with Crippen LogP contribution in [0.25, 0.3) is 0 Å². The topological polar surface area (TPSA) is 51.2 Å². The zero-order valence-corrected chi connectivity index (χ0v) is 11.6. The van der Waals surface area contributed by atoms with E-state index in [9.17, 15) is 4.79 Å². The molecule has 1 saturated heterocycles. The molecule has 1 saturated carbocycles. The van der Waals surface area contributed by atoms with Gasteiger partial charge in [-0.05, 0) is 43.2 Å². The van der Waals surface area contributed by atoms with Crippen LogP contribution in [0.3, 0.4) is 0 Å². The van der Waals surface area contributed by atoms with Crippen LogP contribution in [0.5, 0.6) is 0 Å². The summed E-state index contributed by atoms with van der Waals surface area (Å²) in [6, 6.07) is 1.79. The maximum atomic E-state index is 12.3. The van der Waals surface area contributed by atoms with Gasteiger partial charge in [0.1, 0.15) is 11.9 Å². The first-order valence-corrected chi connectivity index (χ1v) is 7.07. The van der Waals surface area contributed by atoms with Crippen molar-refractivity contribution in [3.63, 3.8) is 0 Å². The lowest BCUT2D eigenvalue weighted by Crippen LogP contribution is -2.33. The second-order valence-corrected chi connectivity index (χ2v) is 5.85. The molecule has 0 unspecified atom stereocenters. The lowest BCUT2D eigenvalue weighted by atomic mass is 9.94. The first-order valence-electron chi connectivity index (χ1n) is 6.70. The molecule has 5 heteroatoms. The molecule has 1 aliphatic carbocycles. The van der Waals surface area contributed by atoms with Crippen LogP contribution in [-0.4, -0.2) is 23.6 Å². The maximum Gasteiger partial charge on any atom is 0.254 e. The predicted octanol–water partition coefficient (Wildman–Crippen LogP) is 2.80. The van der Waals surface area contributed by atoms with Crippen molar-refractivity contribution in [3.05, 3.63) is 22.8 Å². The van der Waals surface area contributed by atoms with E-state index in [2.05, 4.69) is 10.3 Å². The zero-order chi connectivity index (χ0) is 13.4. The van der Waals surface area contributed by atoms with E-state index in [0.717, 1.165) is 18.6 Å². The van der Waals surface area contributed by atoms with Crippen LogP contribution in [0.2, 0.25) is 5.02 Å². The number of rotatable bonds is 2. The largest absolute Gasteiger partial charge is 0.368 e. The molecule has 4 nitrogen and oxygen atoms in total. The normalized spacial score (nSPS) is 29.3. The van der Waals surface area contributed by atoms with E-state index < -0.39 is 0 Å². The fraction of sp³-hybridized carbons (Fsp3) is 0.571. The summed E-state index contributed by atoms with van der Waals surface area (Å²) in [5.41, 5.74) is 0.863. The van der Waals surface area contributed by atoms with E-state index in [-0.39, 0.29) is 12.0 Å². The van der Waals surface area contributed by atoms with Crippen LogP contribution < -0.4 is 5.32 Å². The van der Waals surface area contributed by atoms with E-state index in [1.807, 2.05) is 6.92 Å². The highest BCUT2D eigenvalue weighted by Crippen LogP contribution is 2.40. The monoisotopic (exact) mass is 280 g/mol. The van der Waals surface area contributed by atoms with Crippen molar-refractivity contribution in [1.29, 1.82) is 0 Å². The number of halogens is 1. The molecular weight excluding hydrogens is 264 g/mol. The predicted molar refractivity (Wildman–Crippen MR) is 73.2 cm³/mol. The van der Waals surface area contributed by atoms with Crippen molar-refractivity contribution in [3.8, 4) is 0 Å². The van der Waals surface area contributed by atoms with Crippen LogP contribution in [0.1, 0.15) is 24.8 Å². The highest BCUT2D eigenvalue weighted by molar-refractivity contribution is 6.30. The summed E-state index contributed by atoms with van der Waals surface area (Å²) in [6.45, 7) is 2.60. The molecule has 1 amide bonds. The minimum Gasteiger partial charge on any atom is -0.368 e. The van der Waals surface area contributed by atoms with Crippen LogP contribution in [0.15, 0.2) is 12.3 Å². The molecule has 2 aliphatic rings. The van der Waals surface area contributed by atoms with E-state index in [0.29, 0.717) is 22.7 Å². The highest BCUT2D eigenvalue weighted by atomic mass is 35.5. The summed E-state index contributed by atoms with van der Waals surface area (Å²) in [4.78, 5) is 16.4. The number of amides is 1. The van der Waals surface area contributed by atoms with Crippen molar-refractivity contribution in [2.24, 2.45) is 11.8 Å².